The Balaban J connectivity index is 1.34. The number of rotatable bonds is 7. The van der Waals surface area contributed by atoms with Gasteiger partial charge in [-0.2, -0.15) is 4.31 Å². The maximum absolute atomic E-state index is 13.2. The molecule has 37 heavy (non-hydrogen) atoms. The predicted octanol–water partition coefficient (Wildman–Crippen LogP) is 4.76. The summed E-state index contributed by atoms with van der Waals surface area (Å²) in [5.41, 5.74) is 3.03. The van der Waals surface area contributed by atoms with E-state index < -0.39 is 10.0 Å². The number of hydrogen-bond donors (Lipinski definition) is 1. The van der Waals surface area contributed by atoms with Crippen molar-refractivity contribution in [1.82, 2.24) is 19.2 Å². The van der Waals surface area contributed by atoms with Crippen LogP contribution < -0.4 is 10.1 Å². The molecule has 1 fully saturated rings. The van der Waals surface area contributed by atoms with Crippen molar-refractivity contribution >= 4 is 32.4 Å². The highest BCUT2D eigenvalue weighted by Crippen LogP contribution is 2.29. The summed E-state index contributed by atoms with van der Waals surface area (Å²) in [6.45, 7) is 6.13. The molecule has 0 saturated carbocycles. The van der Waals surface area contributed by atoms with Gasteiger partial charge in [-0.1, -0.05) is 29.8 Å². The van der Waals surface area contributed by atoms with E-state index in [0.717, 1.165) is 22.4 Å². The number of nitrogens with zero attached hydrogens (tertiary/aromatic N) is 4. The van der Waals surface area contributed by atoms with Crippen LogP contribution in [0.4, 0.5) is 11.5 Å². The third kappa shape index (κ3) is 5.29. The molecule has 8 nitrogen and oxygen atoms in total. The first kappa shape index (κ1) is 25.1. The summed E-state index contributed by atoms with van der Waals surface area (Å²) >= 11 is 0. The van der Waals surface area contributed by atoms with E-state index in [0.29, 0.717) is 37.8 Å². The van der Waals surface area contributed by atoms with Crippen LogP contribution in [0.5, 0.6) is 5.75 Å². The van der Waals surface area contributed by atoms with Crippen LogP contribution in [0.25, 0.3) is 10.9 Å². The van der Waals surface area contributed by atoms with Gasteiger partial charge in [0.1, 0.15) is 17.4 Å². The van der Waals surface area contributed by atoms with Crippen molar-refractivity contribution in [3.63, 3.8) is 0 Å². The van der Waals surface area contributed by atoms with Crippen LogP contribution in [0, 0.1) is 6.92 Å². The number of nitrogens with one attached hydrogen (secondary N) is 1. The molecule has 1 saturated heterocycles. The van der Waals surface area contributed by atoms with Crippen molar-refractivity contribution in [3.05, 3.63) is 84.2 Å². The lowest BCUT2D eigenvalue weighted by Crippen LogP contribution is -2.49. The number of piperazine rings is 1. The Morgan fingerprint density at radius 1 is 0.892 bits per heavy atom. The zero-order chi connectivity index (χ0) is 26.0. The van der Waals surface area contributed by atoms with Gasteiger partial charge < -0.3 is 10.1 Å². The van der Waals surface area contributed by atoms with E-state index in [1.165, 1.54) is 5.56 Å². The van der Waals surface area contributed by atoms with E-state index in [9.17, 15) is 8.42 Å². The monoisotopic (exact) mass is 517 g/mol. The van der Waals surface area contributed by atoms with Gasteiger partial charge in [0.05, 0.1) is 23.6 Å². The van der Waals surface area contributed by atoms with Gasteiger partial charge in [0.25, 0.3) is 0 Å². The Kier molecular flexibility index (Phi) is 7.10. The highest BCUT2D eigenvalue weighted by Gasteiger charge is 2.31. The molecule has 1 aliphatic heterocycles. The molecular weight excluding hydrogens is 486 g/mol. The van der Waals surface area contributed by atoms with Gasteiger partial charge in [-0.25, -0.2) is 18.4 Å². The van der Waals surface area contributed by atoms with Gasteiger partial charge in [0, 0.05) is 37.3 Å². The molecule has 5 rings (SSSR count). The van der Waals surface area contributed by atoms with Gasteiger partial charge >= 0.3 is 0 Å². The number of ether oxygens (including phenoxy) is 1. The molecule has 1 aliphatic rings. The number of hydrogen-bond acceptors (Lipinski definition) is 7. The lowest BCUT2D eigenvalue weighted by Gasteiger charge is -2.36. The highest BCUT2D eigenvalue weighted by molar-refractivity contribution is 7.89. The molecule has 0 unspecified atom stereocenters. The highest BCUT2D eigenvalue weighted by atomic mass is 32.2. The Morgan fingerprint density at radius 2 is 1.57 bits per heavy atom. The number of methoxy groups -OCH3 is 1. The molecule has 3 aromatic carbocycles. The molecule has 0 spiro atoms. The number of para-hydroxylation sites is 1. The van der Waals surface area contributed by atoms with Crippen LogP contribution in [0.15, 0.2) is 77.7 Å². The summed E-state index contributed by atoms with van der Waals surface area (Å²) in [7, 11) is -2.00. The molecule has 1 atom stereocenters. The Morgan fingerprint density at radius 3 is 2.24 bits per heavy atom. The minimum atomic E-state index is -3.56. The van der Waals surface area contributed by atoms with Gasteiger partial charge in [0.15, 0.2) is 0 Å². The van der Waals surface area contributed by atoms with Crippen molar-refractivity contribution in [2.45, 2.75) is 24.8 Å². The summed E-state index contributed by atoms with van der Waals surface area (Å²) in [6.07, 6.45) is 0. The quantitative estimate of drug-likeness (QED) is 0.378. The maximum atomic E-state index is 13.2. The van der Waals surface area contributed by atoms with E-state index in [-0.39, 0.29) is 10.9 Å². The van der Waals surface area contributed by atoms with Gasteiger partial charge in [-0.3, -0.25) is 4.90 Å². The molecule has 0 amide bonds. The van der Waals surface area contributed by atoms with Crippen LogP contribution in [0.3, 0.4) is 0 Å². The second kappa shape index (κ2) is 10.5. The average molecular weight is 518 g/mol. The molecule has 0 radical (unpaired) electrons. The molecule has 192 valence electrons. The molecular formula is C28H31N5O3S. The van der Waals surface area contributed by atoms with E-state index in [2.05, 4.69) is 36.2 Å². The predicted molar refractivity (Wildman–Crippen MR) is 146 cm³/mol. The molecule has 1 N–H and O–H groups in total. The fourth-order valence-corrected chi connectivity index (χ4v) is 5.96. The number of benzene rings is 3. The number of aryl methyl sites for hydroxylation is 1. The van der Waals surface area contributed by atoms with Gasteiger partial charge in [-0.15, -0.1) is 0 Å². The fourth-order valence-electron chi connectivity index (χ4n) is 4.54. The first-order valence-corrected chi connectivity index (χ1v) is 13.8. The van der Waals surface area contributed by atoms with E-state index in [1.54, 1.807) is 35.7 Å². The third-order valence-electron chi connectivity index (χ3n) is 6.83. The van der Waals surface area contributed by atoms with E-state index in [4.69, 9.17) is 14.7 Å². The molecule has 0 bridgehead atoms. The van der Waals surface area contributed by atoms with Crippen molar-refractivity contribution in [1.29, 1.82) is 0 Å². The molecule has 2 heterocycles. The summed E-state index contributed by atoms with van der Waals surface area (Å²) in [5.74, 6) is 2.10. The van der Waals surface area contributed by atoms with Crippen LogP contribution in [0.1, 0.15) is 24.4 Å². The number of sulfonamides is 1. The third-order valence-corrected chi connectivity index (χ3v) is 8.74. The lowest BCUT2D eigenvalue weighted by atomic mass is 10.2. The van der Waals surface area contributed by atoms with Crippen molar-refractivity contribution < 1.29 is 13.2 Å². The zero-order valence-corrected chi connectivity index (χ0v) is 22.1. The average Bonchev–Trinajstić information content (AvgIpc) is 2.94. The zero-order valence-electron chi connectivity index (χ0n) is 21.3. The lowest BCUT2D eigenvalue weighted by molar-refractivity contribution is 0.141. The minimum Gasteiger partial charge on any atom is -0.497 e. The second-order valence-corrected chi connectivity index (χ2v) is 11.2. The minimum absolute atomic E-state index is 0.0750. The first-order chi connectivity index (χ1) is 17.8. The van der Waals surface area contributed by atoms with Crippen LogP contribution in [-0.4, -0.2) is 60.9 Å². The summed E-state index contributed by atoms with van der Waals surface area (Å²) < 4.78 is 33.0. The van der Waals surface area contributed by atoms with Gasteiger partial charge in [0.2, 0.25) is 10.0 Å². The standard InChI is InChI=1S/C28H31N5O3S/c1-20-8-10-22(11-9-20)29-28-25-6-4-5-7-26(25)30-27(31-28)21(2)32-16-18-33(19-17-32)37(34,35)24-14-12-23(36-3)13-15-24/h4-15,21H,16-19H2,1-3H3,(H,29,30,31)/t21-/m0/s1. The molecule has 9 heteroatoms. The summed E-state index contributed by atoms with van der Waals surface area (Å²) in [6, 6.07) is 22.6. The van der Waals surface area contributed by atoms with Gasteiger partial charge in [-0.05, 0) is 62.4 Å². The maximum Gasteiger partial charge on any atom is 0.243 e. The molecule has 4 aromatic rings. The summed E-state index contributed by atoms with van der Waals surface area (Å²) in [4.78, 5) is 12.3. The second-order valence-electron chi connectivity index (χ2n) is 9.23. The molecule has 1 aromatic heterocycles. The Bertz CT molecular complexity index is 1480. The van der Waals surface area contributed by atoms with Crippen molar-refractivity contribution in [3.8, 4) is 5.75 Å². The SMILES string of the molecule is COc1ccc(S(=O)(=O)N2CCN([C@@H](C)c3nc(Nc4ccc(C)cc4)c4ccccc4n3)CC2)cc1. The number of aromatic nitrogens is 2. The van der Waals surface area contributed by atoms with Crippen LogP contribution >= 0.6 is 0 Å². The Hall–Kier alpha value is -3.53. The smallest absolute Gasteiger partial charge is 0.243 e. The molecule has 0 aliphatic carbocycles. The largest absolute Gasteiger partial charge is 0.497 e. The van der Waals surface area contributed by atoms with Crippen molar-refractivity contribution in [2.75, 3.05) is 38.6 Å². The van der Waals surface area contributed by atoms with Crippen LogP contribution in [-0.2, 0) is 10.0 Å². The Labute approximate surface area is 218 Å². The van der Waals surface area contributed by atoms with E-state index in [1.807, 2.05) is 36.4 Å². The van der Waals surface area contributed by atoms with Crippen molar-refractivity contribution in [2.24, 2.45) is 0 Å². The summed E-state index contributed by atoms with van der Waals surface area (Å²) in [5, 5.41) is 4.41. The fraction of sp³-hybridized carbons (Fsp3) is 0.286. The topological polar surface area (TPSA) is 87.7 Å². The van der Waals surface area contributed by atoms with E-state index >= 15 is 0 Å². The van der Waals surface area contributed by atoms with Crippen LogP contribution in [0.2, 0.25) is 0 Å². The first-order valence-electron chi connectivity index (χ1n) is 12.3. The normalized spacial score (nSPS) is 16.0. The number of anilines is 2. The number of fused-ring (bicyclic) bond motifs is 1.